The molecule has 2 heterocycles. The van der Waals surface area contributed by atoms with E-state index in [2.05, 4.69) is 28.2 Å². The quantitative estimate of drug-likeness (QED) is 0.837. The SMILES string of the molecule is CCCOC1CCCN(c2ccncc2CNC2CC2)C1. The molecule has 1 aliphatic carbocycles. The first-order valence-corrected chi connectivity index (χ1v) is 8.39. The maximum atomic E-state index is 5.96. The summed E-state index contributed by atoms with van der Waals surface area (Å²) in [6.07, 6.45) is 10.5. The summed E-state index contributed by atoms with van der Waals surface area (Å²) in [6, 6.07) is 2.89. The van der Waals surface area contributed by atoms with Gasteiger partial charge in [-0.05, 0) is 38.2 Å². The van der Waals surface area contributed by atoms with Crippen LogP contribution in [0.25, 0.3) is 0 Å². The van der Waals surface area contributed by atoms with Crippen LogP contribution < -0.4 is 10.2 Å². The first-order valence-electron chi connectivity index (χ1n) is 8.39. The molecule has 1 saturated carbocycles. The summed E-state index contributed by atoms with van der Waals surface area (Å²) in [7, 11) is 0. The van der Waals surface area contributed by atoms with Gasteiger partial charge in [-0.25, -0.2) is 0 Å². The molecule has 1 atom stereocenters. The second-order valence-electron chi connectivity index (χ2n) is 6.24. The van der Waals surface area contributed by atoms with Gasteiger partial charge in [0.2, 0.25) is 0 Å². The number of rotatable bonds is 7. The van der Waals surface area contributed by atoms with Crippen LogP contribution in [0, 0.1) is 0 Å². The second-order valence-corrected chi connectivity index (χ2v) is 6.24. The molecule has 0 radical (unpaired) electrons. The Morgan fingerprint density at radius 3 is 3.10 bits per heavy atom. The maximum Gasteiger partial charge on any atom is 0.0750 e. The molecular weight excluding hydrogens is 262 g/mol. The van der Waals surface area contributed by atoms with Gasteiger partial charge in [0.15, 0.2) is 0 Å². The highest BCUT2D eigenvalue weighted by atomic mass is 16.5. The molecule has 1 aliphatic heterocycles. The van der Waals surface area contributed by atoms with Crippen LogP contribution in [0.1, 0.15) is 44.6 Å². The topological polar surface area (TPSA) is 37.4 Å². The zero-order chi connectivity index (χ0) is 14.5. The average molecular weight is 289 g/mol. The summed E-state index contributed by atoms with van der Waals surface area (Å²) >= 11 is 0. The molecule has 2 aliphatic rings. The predicted molar refractivity (Wildman–Crippen MR) is 85.6 cm³/mol. The highest BCUT2D eigenvalue weighted by Gasteiger charge is 2.24. The number of hydrogen-bond acceptors (Lipinski definition) is 4. The third kappa shape index (κ3) is 4.17. The van der Waals surface area contributed by atoms with Crippen LogP contribution in [-0.4, -0.2) is 36.8 Å². The Labute approximate surface area is 127 Å². The Kier molecular flexibility index (Phi) is 5.09. The van der Waals surface area contributed by atoms with Crippen molar-refractivity contribution in [2.24, 2.45) is 0 Å². The molecule has 1 saturated heterocycles. The Morgan fingerprint density at radius 1 is 1.38 bits per heavy atom. The fraction of sp³-hybridized carbons (Fsp3) is 0.706. The van der Waals surface area contributed by atoms with E-state index in [1.807, 2.05) is 12.4 Å². The first-order chi connectivity index (χ1) is 10.4. The largest absolute Gasteiger partial charge is 0.376 e. The average Bonchev–Trinajstić information content (AvgIpc) is 3.36. The van der Waals surface area contributed by atoms with Crippen LogP contribution in [0.15, 0.2) is 18.5 Å². The molecule has 4 nitrogen and oxygen atoms in total. The van der Waals surface area contributed by atoms with Gasteiger partial charge >= 0.3 is 0 Å². The van der Waals surface area contributed by atoms with Crippen molar-refractivity contribution in [3.8, 4) is 0 Å². The molecule has 0 spiro atoms. The summed E-state index contributed by atoms with van der Waals surface area (Å²) in [4.78, 5) is 6.79. The fourth-order valence-electron chi connectivity index (χ4n) is 2.98. The Bertz CT molecular complexity index is 447. The van der Waals surface area contributed by atoms with Gasteiger partial charge in [-0.15, -0.1) is 0 Å². The number of aromatic nitrogens is 1. The van der Waals surface area contributed by atoms with E-state index in [9.17, 15) is 0 Å². The van der Waals surface area contributed by atoms with E-state index in [0.717, 1.165) is 38.7 Å². The van der Waals surface area contributed by atoms with E-state index in [4.69, 9.17) is 4.74 Å². The zero-order valence-electron chi connectivity index (χ0n) is 13.1. The van der Waals surface area contributed by atoms with Crippen molar-refractivity contribution in [1.82, 2.24) is 10.3 Å². The predicted octanol–water partition coefficient (Wildman–Crippen LogP) is 2.73. The van der Waals surface area contributed by atoms with E-state index >= 15 is 0 Å². The number of nitrogens with one attached hydrogen (secondary N) is 1. The zero-order valence-corrected chi connectivity index (χ0v) is 13.1. The Morgan fingerprint density at radius 2 is 2.29 bits per heavy atom. The molecular formula is C17H27N3O. The van der Waals surface area contributed by atoms with Gasteiger partial charge in [-0.2, -0.15) is 0 Å². The standard InChI is InChI=1S/C17H27N3O/c1-2-10-21-16-4-3-9-20(13-16)17-7-8-18-11-14(17)12-19-15-5-6-15/h7-8,11,15-16,19H,2-6,9-10,12-13H2,1H3. The third-order valence-corrected chi connectivity index (χ3v) is 4.31. The number of anilines is 1. The summed E-state index contributed by atoms with van der Waals surface area (Å²) in [6.45, 7) is 6.13. The van der Waals surface area contributed by atoms with Crippen molar-refractivity contribution in [2.75, 3.05) is 24.6 Å². The van der Waals surface area contributed by atoms with E-state index < -0.39 is 0 Å². The summed E-state index contributed by atoms with van der Waals surface area (Å²) in [5.41, 5.74) is 2.66. The van der Waals surface area contributed by atoms with Gasteiger partial charge in [0.25, 0.3) is 0 Å². The summed E-state index contributed by atoms with van der Waals surface area (Å²) in [5.74, 6) is 0. The Balaban J connectivity index is 1.63. The minimum atomic E-state index is 0.385. The minimum absolute atomic E-state index is 0.385. The van der Waals surface area contributed by atoms with E-state index in [-0.39, 0.29) is 0 Å². The number of ether oxygens (including phenoxy) is 1. The van der Waals surface area contributed by atoms with Gasteiger partial charge in [0.05, 0.1) is 6.10 Å². The lowest BCUT2D eigenvalue weighted by molar-refractivity contribution is 0.0440. The lowest BCUT2D eigenvalue weighted by Gasteiger charge is -2.35. The number of nitrogens with zero attached hydrogens (tertiary/aromatic N) is 2. The molecule has 0 aromatic carbocycles. The van der Waals surface area contributed by atoms with E-state index in [1.54, 1.807) is 0 Å². The second kappa shape index (κ2) is 7.23. The smallest absolute Gasteiger partial charge is 0.0750 e. The fourth-order valence-corrected chi connectivity index (χ4v) is 2.98. The molecule has 4 heteroatoms. The molecule has 3 rings (SSSR count). The van der Waals surface area contributed by atoms with Crippen LogP contribution in [0.3, 0.4) is 0 Å². The number of piperidine rings is 1. The van der Waals surface area contributed by atoms with Crippen LogP contribution >= 0.6 is 0 Å². The van der Waals surface area contributed by atoms with Gasteiger partial charge in [0, 0.05) is 55.9 Å². The van der Waals surface area contributed by atoms with Gasteiger partial charge in [0.1, 0.15) is 0 Å². The van der Waals surface area contributed by atoms with Crippen molar-refractivity contribution < 1.29 is 4.74 Å². The molecule has 1 unspecified atom stereocenters. The third-order valence-electron chi connectivity index (χ3n) is 4.31. The van der Waals surface area contributed by atoms with Gasteiger partial charge in [-0.1, -0.05) is 6.92 Å². The lowest BCUT2D eigenvalue weighted by atomic mass is 10.1. The normalized spacial score (nSPS) is 22.5. The lowest BCUT2D eigenvalue weighted by Crippen LogP contribution is -2.40. The van der Waals surface area contributed by atoms with Crippen LogP contribution in [0.4, 0.5) is 5.69 Å². The van der Waals surface area contributed by atoms with Crippen LogP contribution in [-0.2, 0) is 11.3 Å². The first kappa shape index (κ1) is 14.8. The van der Waals surface area contributed by atoms with Crippen molar-refractivity contribution in [3.63, 3.8) is 0 Å². The van der Waals surface area contributed by atoms with E-state index in [0.29, 0.717) is 6.10 Å². The van der Waals surface area contributed by atoms with Gasteiger partial charge < -0.3 is 15.0 Å². The number of pyridine rings is 1. The maximum absolute atomic E-state index is 5.96. The van der Waals surface area contributed by atoms with Crippen molar-refractivity contribution in [1.29, 1.82) is 0 Å². The molecule has 0 bridgehead atoms. The summed E-state index contributed by atoms with van der Waals surface area (Å²) < 4.78 is 5.96. The summed E-state index contributed by atoms with van der Waals surface area (Å²) in [5, 5.41) is 3.60. The number of hydrogen-bond donors (Lipinski definition) is 1. The molecule has 1 aromatic rings. The minimum Gasteiger partial charge on any atom is -0.376 e. The Hall–Kier alpha value is -1.13. The molecule has 0 amide bonds. The molecule has 1 N–H and O–H groups in total. The molecule has 2 fully saturated rings. The molecule has 116 valence electrons. The van der Waals surface area contributed by atoms with Crippen molar-refractivity contribution in [3.05, 3.63) is 24.0 Å². The highest BCUT2D eigenvalue weighted by molar-refractivity contribution is 5.52. The van der Waals surface area contributed by atoms with Crippen molar-refractivity contribution in [2.45, 2.75) is 57.7 Å². The highest BCUT2D eigenvalue weighted by Crippen LogP contribution is 2.26. The molecule has 21 heavy (non-hydrogen) atoms. The van der Waals surface area contributed by atoms with Crippen molar-refractivity contribution >= 4 is 5.69 Å². The van der Waals surface area contributed by atoms with E-state index in [1.165, 1.54) is 36.9 Å². The van der Waals surface area contributed by atoms with Gasteiger partial charge in [-0.3, -0.25) is 4.98 Å². The van der Waals surface area contributed by atoms with Crippen LogP contribution in [0.5, 0.6) is 0 Å². The monoisotopic (exact) mass is 289 g/mol. The molecule has 1 aromatic heterocycles. The van der Waals surface area contributed by atoms with Crippen LogP contribution in [0.2, 0.25) is 0 Å².